The van der Waals surface area contributed by atoms with Gasteiger partial charge in [-0.1, -0.05) is 6.07 Å². The van der Waals surface area contributed by atoms with Crippen LogP contribution in [-0.2, 0) is 0 Å². The van der Waals surface area contributed by atoms with Gasteiger partial charge in [0.25, 0.3) is 11.6 Å². The molecule has 8 nitrogen and oxygen atoms in total. The number of nitro benzene ring substituents is 1. The van der Waals surface area contributed by atoms with Crippen LogP contribution in [0.2, 0.25) is 0 Å². The number of nitro groups is 1. The molecule has 0 radical (unpaired) electrons. The first-order chi connectivity index (χ1) is 13.5. The van der Waals surface area contributed by atoms with E-state index < -0.39 is 16.6 Å². The molecule has 1 N–H and O–H groups in total. The number of nitrogens with zero attached hydrogens (tertiary/aromatic N) is 4. The molecule has 2 aromatic carbocycles. The van der Waals surface area contributed by atoms with Gasteiger partial charge in [0.2, 0.25) is 0 Å². The number of benzene rings is 2. The minimum absolute atomic E-state index is 0.0568. The third-order valence-electron chi connectivity index (χ3n) is 3.80. The van der Waals surface area contributed by atoms with E-state index in [0.717, 1.165) is 6.07 Å². The van der Waals surface area contributed by atoms with Crippen molar-refractivity contribution in [2.75, 3.05) is 0 Å². The average Bonchev–Trinajstić information content (AvgIpc) is 3.16. The van der Waals surface area contributed by atoms with Gasteiger partial charge in [-0.15, -0.1) is 0 Å². The Labute approximate surface area is 158 Å². The zero-order valence-electron chi connectivity index (χ0n) is 14.2. The summed E-state index contributed by atoms with van der Waals surface area (Å²) in [4.78, 5) is 22.5. The minimum Gasteiger partial charge on any atom is -0.315 e. The standard InChI is InChI=1S/C19H12FN5O3/c20-18-9-13(11-21)6-7-17(18)19(26)23-22-12-16-5-2-8-24(16)14-3-1-4-15(10-14)25(27)28/h1-10,12H,(H,23,26)/b22-12-. The molecular weight excluding hydrogens is 365 g/mol. The van der Waals surface area contributed by atoms with E-state index in [-0.39, 0.29) is 16.8 Å². The van der Waals surface area contributed by atoms with Crippen molar-refractivity contribution in [2.45, 2.75) is 0 Å². The molecule has 1 aromatic heterocycles. The smallest absolute Gasteiger partial charge is 0.274 e. The molecule has 0 saturated carbocycles. The first-order valence-electron chi connectivity index (χ1n) is 7.95. The van der Waals surface area contributed by atoms with Gasteiger partial charge in [0.15, 0.2) is 0 Å². The van der Waals surface area contributed by atoms with Crippen LogP contribution in [0.25, 0.3) is 5.69 Å². The summed E-state index contributed by atoms with van der Waals surface area (Å²) in [6.07, 6.45) is 3.01. The minimum atomic E-state index is -0.827. The second-order valence-corrected chi connectivity index (χ2v) is 5.59. The highest BCUT2D eigenvalue weighted by Gasteiger charge is 2.12. The zero-order valence-corrected chi connectivity index (χ0v) is 14.2. The summed E-state index contributed by atoms with van der Waals surface area (Å²) in [6, 6.07) is 14.7. The lowest BCUT2D eigenvalue weighted by atomic mass is 10.1. The molecule has 3 rings (SSSR count). The molecule has 0 bridgehead atoms. The van der Waals surface area contributed by atoms with Crippen molar-refractivity contribution in [2.24, 2.45) is 5.10 Å². The molecule has 0 aliphatic heterocycles. The average molecular weight is 377 g/mol. The van der Waals surface area contributed by atoms with Gasteiger partial charge in [-0.25, -0.2) is 9.82 Å². The molecule has 0 fully saturated rings. The molecule has 0 atom stereocenters. The second kappa shape index (κ2) is 7.92. The highest BCUT2D eigenvalue weighted by atomic mass is 19.1. The van der Waals surface area contributed by atoms with E-state index in [1.165, 1.54) is 30.5 Å². The van der Waals surface area contributed by atoms with Gasteiger partial charge in [-0.2, -0.15) is 10.4 Å². The number of non-ortho nitro benzene ring substituents is 1. The van der Waals surface area contributed by atoms with E-state index in [2.05, 4.69) is 10.5 Å². The number of aromatic nitrogens is 1. The third kappa shape index (κ3) is 3.91. The predicted molar refractivity (Wildman–Crippen MR) is 98.6 cm³/mol. The van der Waals surface area contributed by atoms with Crippen molar-refractivity contribution in [3.05, 3.63) is 93.5 Å². The van der Waals surface area contributed by atoms with Crippen molar-refractivity contribution < 1.29 is 14.1 Å². The Kier molecular flexibility index (Phi) is 5.23. The maximum atomic E-state index is 13.9. The molecule has 0 spiro atoms. The van der Waals surface area contributed by atoms with Crippen LogP contribution in [0, 0.1) is 27.3 Å². The van der Waals surface area contributed by atoms with E-state index >= 15 is 0 Å². The summed E-state index contributed by atoms with van der Waals surface area (Å²) >= 11 is 0. The topological polar surface area (TPSA) is 113 Å². The highest BCUT2D eigenvalue weighted by Crippen LogP contribution is 2.18. The van der Waals surface area contributed by atoms with Crippen LogP contribution >= 0.6 is 0 Å². The van der Waals surface area contributed by atoms with Gasteiger partial charge in [0.1, 0.15) is 5.82 Å². The third-order valence-corrected chi connectivity index (χ3v) is 3.80. The van der Waals surface area contributed by atoms with Gasteiger partial charge in [-0.3, -0.25) is 14.9 Å². The monoisotopic (exact) mass is 377 g/mol. The van der Waals surface area contributed by atoms with Crippen molar-refractivity contribution in [3.8, 4) is 11.8 Å². The normalized spacial score (nSPS) is 10.6. The number of amides is 1. The largest absolute Gasteiger partial charge is 0.315 e. The van der Waals surface area contributed by atoms with Crippen LogP contribution in [0.5, 0.6) is 0 Å². The molecular formula is C19H12FN5O3. The van der Waals surface area contributed by atoms with Gasteiger partial charge < -0.3 is 4.57 Å². The van der Waals surface area contributed by atoms with Crippen LogP contribution < -0.4 is 5.43 Å². The fourth-order valence-corrected chi connectivity index (χ4v) is 2.48. The van der Waals surface area contributed by atoms with Gasteiger partial charge >= 0.3 is 0 Å². The van der Waals surface area contributed by atoms with Gasteiger partial charge in [0.05, 0.1) is 39.7 Å². The zero-order chi connectivity index (χ0) is 20.1. The number of rotatable bonds is 5. The van der Waals surface area contributed by atoms with Crippen LogP contribution in [0.3, 0.4) is 0 Å². The molecule has 0 saturated heterocycles. The molecule has 9 heteroatoms. The molecule has 0 aliphatic carbocycles. The van der Waals surface area contributed by atoms with E-state index in [9.17, 15) is 19.3 Å². The summed E-state index contributed by atoms with van der Waals surface area (Å²) in [5.74, 6) is -1.60. The van der Waals surface area contributed by atoms with Crippen molar-refractivity contribution >= 4 is 17.8 Å². The summed E-state index contributed by atoms with van der Waals surface area (Å²) in [7, 11) is 0. The van der Waals surface area contributed by atoms with E-state index in [1.54, 1.807) is 41.1 Å². The lowest BCUT2D eigenvalue weighted by Gasteiger charge is -2.06. The number of nitriles is 1. The van der Waals surface area contributed by atoms with Crippen molar-refractivity contribution in [1.29, 1.82) is 5.26 Å². The van der Waals surface area contributed by atoms with Crippen LogP contribution in [-0.4, -0.2) is 21.6 Å². The second-order valence-electron chi connectivity index (χ2n) is 5.59. The van der Waals surface area contributed by atoms with Crippen LogP contribution in [0.4, 0.5) is 10.1 Å². The Balaban J connectivity index is 1.77. The van der Waals surface area contributed by atoms with E-state index in [1.807, 2.05) is 0 Å². The van der Waals surface area contributed by atoms with Gasteiger partial charge in [0, 0.05) is 18.3 Å². The fourth-order valence-electron chi connectivity index (χ4n) is 2.48. The van der Waals surface area contributed by atoms with Crippen LogP contribution in [0.15, 0.2) is 65.9 Å². The maximum absolute atomic E-state index is 13.9. The maximum Gasteiger partial charge on any atom is 0.274 e. The predicted octanol–water partition coefficient (Wildman–Crippen LogP) is 3.16. The SMILES string of the molecule is N#Cc1ccc(C(=O)N/N=C\c2cccn2-c2cccc([N+](=O)[O-])c2)c(F)c1. The van der Waals surface area contributed by atoms with Crippen LogP contribution in [0.1, 0.15) is 21.6 Å². The molecule has 1 amide bonds. The number of halogens is 1. The number of hydrazone groups is 1. The number of hydrogen-bond donors (Lipinski definition) is 1. The van der Waals surface area contributed by atoms with Gasteiger partial charge in [-0.05, 0) is 36.4 Å². The number of carbonyl (C=O) groups is 1. The fraction of sp³-hybridized carbons (Fsp3) is 0. The Morgan fingerprint density at radius 3 is 2.79 bits per heavy atom. The van der Waals surface area contributed by atoms with Crippen molar-refractivity contribution in [1.82, 2.24) is 9.99 Å². The molecule has 1 heterocycles. The van der Waals surface area contributed by atoms with Crippen molar-refractivity contribution in [3.63, 3.8) is 0 Å². The first-order valence-corrected chi connectivity index (χ1v) is 7.95. The Bertz CT molecular complexity index is 1130. The Morgan fingerprint density at radius 2 is 2.07 bits per heavy atom. The molecule has 3 aromatic rings. The number of hydrogen-bond acceptors (Lipinski definition) is 5. The summed E-state index contributed by atoms with van der Waals surface area (Å²) in [6.45, 7) is 0. The molecule has 0 aliphatic rings. The lowest BCUT2D eigenvalue weighted by Crippen LogP contribution is -2.19. The molecule has 28 heavy (non-hydrogen) atoms. The lowest BCUT2D eigenvalue weighted by molar-refractivity contribution is -0.384. The number of carbonyl (C=O) groups excluding carboxylic acids is 1. The number of nitrogens with one attached hydrogen (secondary N) is 1. The quantitative estimate of drug-likeness (QED) is 0.418. The Morgan fingerprint density at radius 1 is 1.25 bits per heavy atom. The highest BCUT2D eigenvalue weighted by molar-refractivity contribution is 5.95. The summed E-state index contributed by atoms with van der Waals surface area (Å²) < 4.78 is 15.5. The van der Waals surface area contributed by atoms with E-state index in [4.69, 9.17) is 5.26 Å². The summed E-state index contributed by atoms with van der Waals surface area (Å²) in [5.41, 5.74) is 3.10. The Hall–Kier alpha value is -4.32. The summed E-state index contributed by atoms with van der Waals surface area (Å²) in [5, 5.41) is 23.5. The molecule has 0 unspecified atom stereocenters. The molecule has 138 valence electrons. The first kappa shape index (κ1) is 18.5. The van der Waals surface area contributed by atoms with E-state index in [0.29, 0.717) is 11.4 Å².